The van der Waals surface area contributed by atoms with Crippen LogP contribution in [0.5, 0.6) is 5.75 Å². The normalized spacial score (nSPS) is 19.8. The second kappa shape index (κ2) is 6.28. The number of carbonyl (C=O) groups excluding carboxylic acids is 1. The third-order valence-electron chi connectivity index (χ3n) is 3.02. The molecule has 0 bridgehead atoms. The van der Waals surface area contributed by atoms with Crippen LogP contribution in [0.15, 0.2) is 24.3 Å². The Morgan fingerprint density at radius 2 is 2.33 bits per heavy atom. The average molecular weight is 248 g/mol. The highest BCUT2D eigenvalue weighted by Crippen LogP contribution is 2.19. The molecule has 1 atom stereocenters. The number of rotatable bonds is 4. The van der Waals surface area contributed by atoms with E-state index < -0.39 is 0 Å². The first-order valence-corrected chi connectivity index (χ1v) is 6.56. The van der Waals surface area contributed by atoms with Crippen LogP contribution in [0.25, 0.3) is 0 Å². The lowest BCUT2D eigenvalue weighted by molar-refractivity contribution is -0.121. The van der Waals surface area contributed by atoms with Gasteiger partial charge in [0.2, 0.25) is 5.91 Å². The minimum Gasteiger partial charge on any atom is -0.494 e. The second-order valence-electron chi connectivity index (χ2n) is 4.44. The van der Waals surface area contributed by atoms with Crippen LogP contribution in [0.2, 0.25) is 0 Å². The summed E-state index contributed by atoms with van der Waals surface area (Å²) >= 11 is 0. The maximum absolute atomic E-state index is 11.8. The summed E-state index contributed by atoms with van der Waals surface area (Å²) < 4.78 is 5.45. The van der Waals surface area contributed by atoms with Gasteiger partial charge in [-0.3, -0.25) is 4.79 Å². The Morgan fingerprint density at radius 3 is 3.17 bits per heavy atom. The topological polar surface area (TPSA) is 50.4 Å². The van der Waals surface area contributed by atoms with Crippen LogP contribution in [0.3, 0.4) is 0 Å². The zero-order chi connectivity index (χ0) is 12.8. The van der Waals surface area contributed by atoms with Gasteiger partial charge in [-0.2, -0.15) is 0 Å². The fourth-order valence-corrected chi connectivity index (χ4v) is 2.12. The van der Waals surface area contributed by atoms with Crippen LogP contribution in [0.4, 0.5) is 5.69 Å². The maximum atomic E-state index is 11.8. The van der Waals surface area contributed by atoms with E-state index in [2.05, 4.69) is 10.6 Å². The molecular formula is C14H20N2O2. The van der Waals surface area contributed by atoms with Crippen molar-refractivity contribution in [1.82, 2.24) is 5.32 Å². The fraction of sp³-hybridized carbons (Fsp3) is 0.500. The van der Waals surface area contributed by atoms with Crippen molar-refractivity contribution in [2.24, 2.45) is 0 Å². The molecule has 1 aromatic carbocycles. The predicted octanol–water partition coefficient (Wildman–Crippen LogP) is 2.17. The molecule has 18 heavy (non-hydrogen) atoms. The zero-order valence-electron chi connectivity index (χ0n) is 10.7. The van der Waals surface area contributed by atoms with Crippen LogP contribution < -0.4 is 15.4 Å². The van der Waals surface area contributed by atoms with Crippen molar-refractivity contribution in [1.29, 1.82) is 0 Å². The molecule has 2 N–H and O–H groups in total. The second-order valence-corrected chi connectivity index (χ2v) is 4.44. The largest absolute Gasteiger partial charge is 0.494 e. The molecule has 0 spiro atoms. The summed E-state index contributed by atoms with van der Waals surface area (Å²) in [5, 5.41) is 6.20. The van der Waals surface area contributed by atoms with E-state index in [9.17, 15) is 4.79 Å². The van der Waals surface area contributed by atoms with E-state index in [1.807, 2.05) is 31.2 Å². The third kappa shape index (κ3) is 3.39. The highest BCUT2D eigenvalue weighted by molar-refractivity contribution is 5.84. The summed E-state index contributed by atoms with van der Waals surface area (Å²) in [6.07, 6.45) is 3.01. The summed E-state index contributed by atoms with van der Waals surface area (Å²) in [6, 6.07) is 7.61. The monoisotopic (exact) mass is 248 g/mol. The Hall–Kier alpha value is -1.71. The summed E-state index contributed by atoms with van der Waals surface area (Å²) in [5.41, 5.74) is 0.933. The van der Waals surface area contributed by atoms with Gasteiger partial charge in [-0.15, -0.1) is 0 Å². The van der Waals surface area contributed by atoms with E-state index in [-0.39, 0.29) is 11.9 Å². The number of hydrogen-bond acceptors (Lipinski definition) is 3. The fourth-order valence-electron chi connectivity index (χ4n) is 2.12. The van der Waals surface area contributed by atoms with Crippen molar-refractivity contribution >= 4 is 11.6 Å². The van der Waals surface area contributed by atoms with Gasteiger partial charge < -0.3 is 15.4 Å². The molecule has 1 heterocycles. The summed E-state index contributed by atoms with van der Waals surface area (Å²) in [4.78, 5) is 11.8. The Kier molecular flexibility index (Phi) is 4.45. The quantitative estimate of drug-likeness (QED) is 0.858. The van der Waals surface area contributed by atoms with Gasteiger partial charge in [-0.05, 0) is 38.3 Å². The van der Waals surface area contributed by atoms with E-state index in [0.717, 1.165) is 37.2 Å². The average Bonchev–Trinajstić information content (AvgIpc) is 2.56. The van der Waals surface area contributed by atoms with Crippen LogP contribution in [0, 0.1) is 0 Å². The van der Waals surface area contributed by atoms with E-state index >= 15 is 0 Å². The van der Waals surface area contributed by atoms with Crippen LogP contribution in [0.1, 0.15) is 26.2 Å². The molecule has 0 aromatic heterocycles. The van der Waals surface area contributed by atoms with Gasteiger partial charge in [0.15, 0.2) is 0 Å². The zero-order valence-corrected chi connectivity index (χ0v) is 10.7. The molecule has 1 aliphatic heterocycles. The summed E-state index contributed by atoms with van der Waals surface area (Å²) in [6.45, 7) is 3.39. The Labute approximate surface area is 108 Å². The maximum Gasteiger partial charge on any atom is 0.242 e. The summed E-state index contributed by atoms with van der Waals surface area (Å²) in [5.74, 6) is 0.922. The molecule has 4 nitrogen and oxygen atoms in total. The molecule has 1 amide bonds. The highest BCUT2D eigenvalue weighted by atomic mass is 16.5. The smallest absolute Gasteiger partial charge is 0.242 e. The Morgan fingerprint density at radius 1 is 1.44 bits per heavy atom. The van der Waals surface area contributed by atoms with Crippen LogP contribution in [-0.4, -0.2) is 25.1 Å². The number of amides is 1. The van der Waals surface area contributed by atoms with Crippen molar-refractivity contribution in [3.63, 3.8) is 0 Å². The van der Waals surface area contributed by atoms with Crippen molar-refractivity contribution < 1.29 is 9.53 Å². The van der Waals surface area contributed by atoms with E-state index in [4.69, 9.17) is 4.74 Å². The van der Waals surface area contributed by atoms with Crippen molar-refractivity contribution in [3.05, 3.63) is 24.3 Å². The van der Waals surface area contributed by atoms with E-state index in [0.29, 0.717) is 6.61 Å². The predicted molar refractivity (Wildman–Crippen MR) is 71.9 cm³/mol. The van der Waals surface area contributed by atoms with Gasteiger partial charge in [-0.25, -0.2) is 0 Å². The Bertz CT molecular complexity index is 407. The number of ether oxygens (including phenoxy) is 1. The lowest BCUT2D eigenvalue weighted by Crippen LogP contribution is -2.37. The number of benzene rings is 1. The van der Waals surface area contributed by atoms with Gasteiger partial charge in [-0.1, -0.05) is 6.07 Å². The first kappa shape index (κ1) is 12.7. The molecule has 0 saturated carbocycles. The third-order valence-corrected chi connectivity index (χ3v) is 3.02. The lowest BCUT2D eigenvalue weighted by atomic mass is 10.1. The van der Waals surface area contributed by atoms with Gasteiger partial charge in [0.05, 0.1) is 6.61 Å². The number of hydrogen-bond donors (Lipinski definition) is 2. The van der Waals surface area contributed by atoms with E-state index in [1.54, 1.807) is 0 Å². The SMILES string of the molecule is CCOc1cccc(NC2CCCCNC2=O)c1. The van der Waals surface area contributed by atoms with Gasteiger partial charge in [0.25, 0.3) is 0 Å². The van der Waals surface area contributed by atoms with Gasteiger partial charge in [0.1, 0.15) is 11.8 Å². The molecule has 4 heteroatoms. The minimum absolute atomic E-state index is 0.0920. The van der Waals surface area contributed by atoms with E-state index in [1.165, 1.54) is 0 Å². The molecule has 1 aromatic rings. The minimum atomic E-state index is -0.135. The highest BCUT2D eigenvalue weighted by Gasteiger charge is 2.20. The first-order valence-electron chi connectivity index (χ1n) is 6.56. The lowest BCUT2D eigenvalue weighted by Gasteiger charge is -2.17. The first-order chi connectivity index (χ1) is 8.79. The molecule has 1 unspecified atom stereocenters. The van der Waals surface area contributed by atoms with Gasteiger partial charge >= 0.3 is 0 Å². The number of nitrogens with one attached hydrogen (secondary N) is 2. The molecule has 2 rings (SSSR count). The molecule has 0 radical (unpaired) electrons. The van der Waals surface area contributed by atoms with Crippen molar-refractivity contribution in [3.8, 4) is 5.75 Å². The standard InChI is InChI=1S/C14H20N2O2/c1-2-18-12-7-5-6-11(10-12)16-13-8-3-4-9-15-14(13)17/h5-7,10,13,16H,2-4,8-9H2,1H3,(H,15,17). The molecule has 0 aliphatic carbocycles. The molecule has 98 valence electrons. The molecule has 1 aliphatic rings. The van der Waals surface area contributed by atoms with Gasteiger partial charge in [0, 0.05) is 18.3 Å². The molecule has 1 fully saturated rings. The summed E-state index contributed by atoms with van der Waals surface area (Å²) in [7, 11) is 0. The number of anilines is 1. The van der Waals surface area contributed by atoms with Crippen LogP contribution >= 0.6 is 0 Å². The molecule has 1 saturated heterocycles. The van der Waals surface area contributed by atoms with Crippen molar-refractivity contribution in [2.45, 2.75) is 32.2 Å². The molecular weight excluding hydrogens is 228 g/mol. The van der Waals surface area contributed by atoms with Crippen molar-refractivity contribution in [2.75, 3.05) is 18.5 Å². The van der Waals surface area contributed by atoms with Crippen LogP contribution in [-0.2, 0) is 4.79 Å². The number of carbonyl (C=O) groups is 1. The Balaban J connectivity index is 2.02.